The van der Waals surface area contributed by atoms with E-state index in [1.165, 1.54) is 25.0 Å². The summed E-state index contributed by atoms with van der Waals surface area (Å²) in [6.45, 7) is 0.102. The number of hydrogen-bond acceptors (Lipinski definition) is 5. The largest absolute Gasteiger partial charge is 0.493 e. The van der Waals surface area contributed by atoms with Gasteiger partial charge in [-0.15, -0.1) is 0 Å². The summed E-state index contributed by atoms with van der Waals surface area (Å²) >= 11 is 0. The molecule has 0 fully saturated rings. The number of carbonyl (C=O) groups excluding carboxylic acids is 1. The first kappa shape index (κ1) is 24.7. The van der Waals surface area contributed by atoms with Gasteiger partial charge in [0.15, 0.2) is 11.5 Å². The maximum atomic E-state index is 13.4. The number of nitrogens with zero attached hydrogens (tertiary/aromatic N) is 2. The molecule has 0 bridgehead atoms. The predicted molar refractivity (Wildman–Crippen MR) is 116 cm³/mol. The molecule has 0 saturated heterocycles. The Hall–Kier alpha value is -3.89. The molecule has 0 aliphatic carbocycles. The molecule has 3 aromatic rings. The molecule has 0 radical (unpaired) electrons. The number of alkyl halides is 3. The monoisotopic (exact) mass is 479 g/mol. The summed E-state index contributed by atoms with van der Waals surface area (Å²) in [6.07, 6.45) is -4.77. The molecule has 180 valence electrons. The van der Waals surface area contributed by atoms with E-state index in [9.17, 15) is 27.2 Å². The van der Waals surface area contributed by atoms with E-state index in [1.807, 2.05) is 0 Å². The summed E-state index contributed by atoms with van der Waals surface area (Å²) in [4.78, 5) is 24.3. The van der Waals surface area contributed by atoms with E-state index in [-0.39, 0.29) is 30.6 Å². The van der Waals surface area contributed by atoms with E-state index in [4.69, 9.17) is 9.47 Å². The van der Waals surface area contributed by atoms with Crippen molar-refractivity contribution in [1.82, 2.24) is 9.78 Å². The lowest BCUT2D eigenvalue weighted by Gasteiger charge is -2.12. The topological polar surface area (TPSA) is 82.5 Å². The Kier molecular flexibility index (Phi) is 7.54. The number of carbonyl (C=O) groups is 1. The summed E-state index contributed by atoms with van der Waals surface area (Å²) in [5.74, 6) is -0.978. The Morgan fingerprint density at radius 1 is 1.03 bits per heavy atom. The molecule has 1 N–H and O–H groups in total. The summed E-state index contributed by atoms with van der Waals surface area (Å²) in [5.41, 5.74) is -0.840. The Balaban J connectivity index is 1.65. The van der Waals surface area contributed by atoms with E-state index in [0.717, 1.165) is 6.07 Å². The summed E-state index contributed by atoms with van der Waals surface area (Å²) in [6, 6.07) is 10.3. The van der Waals surface area contributed by atoms with Gasteiger partial charge in [-0.3, -0.25) is 9.59 Å². The van der Waals surface area contributed by atoms with Gasteiger partial charge in [0.05, 0.1) is 25.5 Å². The van der Waals surface area contributed by atoms with Gasteiger partial charge in [0.2, 0.25) is 5.91 Å². The minimum atomic E-state index is -4.88. The van der Waals surface area contributed by atoms with Gasteiger partial charge in [-0.25, -0.2) is 9.07 Å². The van der Waals surface area contributed by atoms with Crippen LogP contribution in [-0.4, -0.2) is 29.9 Å². The van der Waals surface area contributed by atoms with Crippen LogP contribution in [0.1, 0.15) is 18.4 Å². The van der Waals surface area contributed by atoms with Crippen molar-refractivity contribution in [1.29, 1.82) is 0 Å². The lowest BCUT2D eigenvalue weighted by atomic mass is 10.1. The van der Waals surface area contributed by atoms with Crippen LogP contribution in [0.25, 0.3) is 11.3 Å². The predicted octanol–water partition coefficient (Wildman–Crippen LogP) is 4.50. The third-order valence-corrected chi connectivity index (χ3v) is 4.88. The molecule has 1 amide bonds. The highest BCUT2D eigenvalue weighted by Gasteiger charge is 2.34. The summed E-state index contributed by atoms with van der Waals surface area (Å²) < 4.78 is 63.5. The molecular weight excluding hydrogens is 458 g/mol. The fraction of sp³-hybridized carbons (Fsp3) is 0.261. The second-order valence-electron chi connectivity index (χ2n) is 7.19. The molecule has 0 spiro atoms. The number of amides is 1. The van der Waals surface area contributed by atoms with Gasteiger partial charge in [0, 0.05) is 30.3 Å². The first-order valence-electron chi connectivity index (χ1n) is 10.1. The third kappa shape index (κ3) is 5.91. The summed E-state index contributed by atoms with van der Waals surface area (Å²) in [7, 11) is 3.01. The molecule has 11 heteroatoms. The average molecular weight is 479 g/mol. The van der Waals surface area contributed by atoms with Crippen molar-refractivity contribution < 1.29 is 31.8 Å². The molecule has 0 aliphatic rings. The molecule has 7 nitrogen and oxygen atoms in total. The van der Waals surface area contributed by atoms with Crippen molar-refractivity contribution in [2.75, 3.05) is 19.5 Å². The van der Waals surface area contributed by atoms with Crippen molar-refractivity contribution in [3.05, 3.63) is 70.3 Å². The minimum Gasteiger partial charge on any atom is -0.493 e. The first-order valence-corrected chi connectivity index (χ1v) is 10.1. The minimum absolute atomic E-state index is 0.0898. The maximum Gasteiger partial charge on any atom is 0.419 e. The quantitative estimate of drug-likeness (QED) is 0.481. The molecular formula is C23H21F4N3O4. The van der Waals surface area contributed by atoms with Gasteiger partial charge in [-0.05, 0) is 48.9 Å². The van der Waals surface area contributed by atoms with E-state index < -0.39 is 23.5 Å². The highest BCUT2D eigenvalue weighted by Crippen LogP contribution is 2.33. The second-order valence-corrected chi connectivity index (χ2v) is 7.19. The van der Waals surface area contributed by atoms with Crippen LogP contribution in [0.3, 0.4) is 0 Å². The van der Waals surface area contributed by atoms with Gasteiger partial charge < -0.3 is 14.8 Å². The molecule has 34 heavy (non-hydrogen) atoms. The molecule has 0 atom stereocenters. The lowest BCUT2D eigenvalue weighted by Crippen LogP contribution is -2.23. The first-order chi connectivity index (χ1) is 16.1. The SMILES string of the molecule is COc1ccc(-c2ccc(=O)n(CCCC(=O)Nc3ccc(F)c(C(F)(F)F)c3)n2)cc1OC. The van der Waals surface area contributed by atoms with Crippen LogP contribution >= 0.6 is 0 Å². The van der Waals surface area contributed by atoms with Crippen molar-refractivity contribution in [3.63, 3.8) is 0 Å². The number of methoxy groups -OCH3 is 2. The fourth-order valence-electron chi connectivity index (χ4n) is 3.19. The zero-order valence-electron chi connectivity index (χ0n) is 18.3. The second kappa shape index (κ2) is 10.4. The van der Waals surface area contributed by atoms with Crippen LogP contribution in [0.4, 0.5) is 23.2 Å². The highest BCUT2D eigenvalue weighted by atomic mass is 19.4. The lowest BCUT2D eigenvalue weighted by molar-refractivity contribution is -0.140. The number of nitrogens with one attached hydrogen (secondary N) is 1. The molecule has 3 rings (SSSR count). The number of ether oxygens (including phenoxy) is 2. The Morgan fingerprint density at radius 3 is 2.44 bits per heavy atom. The van der Waals surface area contributed by atoms with Gasteiger partial charge >= 0.3 is 6.18 Å². The van der Waals surface area contributed by atoms with Crippen LogP contribution in [0.2, 0.25) is 0 Å². The number of rotatable bonds is 8. The van der Waals surface area contributed by atoms with Gasteiger partial charge in [0.1, 0.15) is 5.82 Å². The normalized spacial score (nSPS) is 11.2. The van der Waals surface area contributed by atoms with Gasteiger partial charge in [0.25, 0.3) is 5.56 Å². The molecule has 0 unspecified atom stereocenters. The number of halogens is 4. The number of aromatic nitrogens is 2. The number of hydrogen-bond donors (Lipinski definition) is 1. The highest BCUT2D eigenvalue weighted by molar-refractivity contribution is 5.90. The van der Waals surface area contributed by atoms with E-state index in [2.05, 4.69) is 10.4 Å². The molecule has 0 aliphatic heterocycles. The van der Waals surface area contributed by atoms with Crippen molar-refractivity contribution >= 4 is 11.6 Å². The molecule has 1 aromatic heterocycles. The zero-order chi connectivity index (χ0) is 24.9. The molecule has 1 heterocycles. The van der Waals surface area contributed by atoms with Crippen LogP contribution in [0.15, 0.2) is 53.3 Å². The Morgan fingerprint density at radius 2 is 1.76 bits per heavy atom. The Labute approximate surface area is 191 Å². The Bertz CT molecular complexity index is 1240. The standard InChI is InChI=1S/C23H21F4N3O4/c1-33-19-9-5-14(12-20(19)34-2)18-8-10-22(32)30(29-18)11-3-4-21(31)28-15-6-7-17(24)16(13-15)23(25,26)27/h5-10,12-13H,3-4,11H2,1-2H3,(H,28,31). The van der Waals surface area contributed by atoms with Crippen LogP contribution in [0.5, 0.6) is 11.5 Å². The van der Waals surface area contributed by atoms with Crippen LogP contribution in [0, 0.1) is 5.82 Å². The van der Waals surface area contributed by atoms with Crippen molar-refractivity contribution in [2.24, 2.45) is 0 Å². The zero-order valence-corrected chi connectivity index (χ0v) is 18.3. The number of aryl methyl sites for hydroxylation is 1. The maximum absolute atomic E-state index is 13.4. The summed E-state index contributed by atoms with van der Waals surface area (Å²) in [5, 5.41) is 6.62. The third-order valence-electron chi connectivity index (χ3n) is 4.88. The molecule has 0 saturated carbocycles. The van der Waals surface area contributed by atoms with Gasteiger partial charge in [-0.1, -0.05) is 0 Å². The molecule has 2 aromatic carbocycles. The number of benzene rings is 2. The smallest absolute Gasteiger partial charge is 0.419 e. The van der Waals surface area contributed by atoms with E-state index in [0.29, 0.717) is 34.9 Å². The number of anilines is 1. The van der Waals surface area contributed by atoms with E-state index in [1.54, 1.807) is 24.3 Å². The van der Waals surface area contributed by atoms with Crippen molar-refractivity contribution in [2.45, 2.75) is 25.6 Å². The van der Waals surface area contributed by atoms with E-state index >= 15 is 0 Å². The van der Waals surface area contributed by atoms with Crippen LogP contribution in [-0.2, 0) is 17.5 Å². The van der Waals surface area contributed by atoms with Crippen LogP contribution < -0.4 is 20.3 Å². The fourth-order valence-corrected chi connectivity index (χ4v) is 3.19. The average Bonchev–Trinajstić information content (AvgIpc) is 2.80. The van der Waals surface area contributed by atoms with Gasteiger partial charge in [-0.2, -0.15) is 18.3 Å². The van der Waals surface area contributed by atoms with Crippen molar-refractivity contribution in [3.8, 4) is 22.8 Å².